The number of rotatable bonds is 4. The summed E-state index contributed by atoms with van der Waals surface area (Å²) in [5.74, 6) is 0.124. The normalized spacial score (nSPS) is 28.2. The van der Waals surface area contributed by atoms with Gasteiger partial charge in [0.05, 0.1) is 0 Å². The molecule has 0 bridgehead atoms. The Morgan fingerprint density at radius 3 is 2.69 bits per heavy atom. The molecule has 1 fully saturated rings. The fourth-order valence-corrected chi connectivity index (χ4v) is 2.05. The number of allylic oxidation sites excluding steroid dienone is 1. The third kappa shape index (κ3) is 2.58. The van der Waals surface area contributed by atoms with Gasteiger partial charge in [0.2, 0.25) is 0 Å². The van der Waals surface area contributed by atoms with Crippen LogP contribution in [0, 0.1) is 0 Å². The highest BCUT2D eigenvalue weighted by atomic mass is 16.1. The molecular formula is C14H17NO. The van der Waals surface area contributed by atoms with Crippen LogP contribution >= 0.6 is 0 Å². The van der Waals surface area contributed by atoms with Crippen molar-refractivity contribution in [2.45, 2.75) is 25.4 Å². The Bertz CT molecular complexity index is 396. The van der Waals surface area contributed by atoms with Gasteiger partial charge in [0.15, 0.2) is 5.78 Å². The smallest absolute Gasteiger partial charge is 0.152 e. The predicted octanol–water partition coefficient (Wildman–Crippen LogP) is 2.06. The fraction of sp³-hybridized carbons (Fsp3) is 0.357. The molecule has 0 aromatic heterocycles. The lowest BCUT2D eigenvalue weighted by molar-refractivity contribution is -0.112. The summed E-state index contributed by atoms with van der Waals surface area (Å²) in [6.07, 6.45) is 4.74. The fourth-order valence-electron chi connectivity index (χ4n) is 2.05. The molecule has 2 heteroatoms. The molecule has 0 aliphatic carbocycles. The van der Waals surface area contributed by atoms with Crippen molar-refractivity contribution in [3.05, 3.63) is 48.0 Å². The second-order valence-corrected chi connectivity index (χ2v) is 4.38. The minimum Gasteiger partial charge on any atom is -0.295 e. The van der Waals surface area contributed by atoms with E-state index in [9.17, 15) is 4.79 Å². The van der Waals surface area contributed by atoms with Gasteiger partial charge in [-0.15, -0.1) is 0 Å². The largest absolute Gasteiger partial charge is 0.295 e. The molecule has 1 aliphatic rings. The Balaban J connectivity index is 1.92. The Morgan fingerprint density at radius 2 is 2.06 bits per heavy atom. The van der Waals surface area contributed by atoms with Crippen molar-refractivity contribution in [2.24, 2.45) is 0 Å². The molecule has 3 atom stereocenters. The van der Waals surface area contributed by atoms with Crippen molar-refractivity contribution >= 4 is 5.78 Å². The molecular weight excluding hydrogens is 198 g/mol. The quantitative estimate of drug-likeness (QED) is 0.566. The Labute approximate surface area is 96.6 Å². The second-order valence-electron chi connectivity index (χ2n) is 4.38. The van der Waals surface area contributed by atoms with Crippen LogP contribution in [0.2, 0.25) is 0 Å². The van der Waals surface area contributed by atoms with Crippen molar-refractivity contribution in [1.29, 1.82) is 0 Å². The molecule has 1 aromatic rings. The number of nitrogens with zero attached hydrogens (tertiary/aromatic N) is 1. The van der Waals surface area contributed by atoms with Crippen molar-refractivity contribution in [3.63, 3.8) is 0 Å². The summed E-state index contributed by atoms with van der Waals surface area (Å²) in [5, 5.41) is 0. The molecule has 0 N–H and O–H groups in total. The zero-order valence-electron chi connectivity index (χ0n) is 9.76. The maximum absolute atomic E-state index is 10.8. The summed E-state index contributed by atoms with van der Waals surface area (Å²) < 4.78 is 0. The molecule has 2 rings (SSSR count). The number of hydrogen-bond acceptors (Lipinski definition) is 2. The molecule has 0 spiro atoms. The molecule has 3 unspecified atom stereocenters. The summed E-state index contributed by atoms with van der Waals surface area (Å²) in [4.78, 5) is 13.1. The number of benzene rings is 1. The molecule has 1 saturated heterocycles. The number of likely N-dealkylation sites (N-methyl/N-ethyl adjacent to an activating group) is 1. The first-order chi connectivity index (χ1) is 7.68. The van der Waals surface area contributed by atoms with Gasteiger partial charge in [-0.25, -0.2) is 0 Å². The van der Waals surface area contributed by atoms with Crippen molar-refractivity contribution in [1.82, 2.24) is 4.90 Å². The molecule has 1 aliphatic heterocycles. The Hall–Kier alpha value is -1.41. The van der Waals surface area contributed by atoms with Crippen LogP contribution in [0.15, 0.2) is 42.5 Å². The molecule has 1 aromatic carbocycles. The average molecular weight is 215 g/mol. The van der Waals surface area contributed by atoms with Crippen LogP contribution in [0.5, 0.6) is 0 Å². The van der Waals surface area contributed by atoms with Crippen LogP contribution in [0.3, 0.4) is 0 Å². The summed E-state index contributed by atoms with van der Waals surface area (Å²) in [5.41, 5.74) is 1.36. The van der Waals surface area contributed by atoms with E-state index in [2.05, 4.69) is 36.2 Å². The highest BCUT2D eigenvalue weighted by Gasteiger charge is 2.41. The van der Waals surface area contributed by atoms with E-state index in [0.717, 1.165) is 6.42 Å². The van der Waals surface area contributed by atoms with E-state index in [0.29, 0.717) is 12.1 Å². The number of ketones is 1. The summed E-state index contributed by atoms with van der Waals surface area (Å²) in [6, 6.07) is 11.5. The highest BCUT2D eigenvalue weighted by molar-refractivity contribution is 5.87. The third-order valence-electron chi connectivity index (χ3n) is 3.11. The summed E-state index contributed by atoms with van der Waals surface area (Å²) >= 11 is 0. The topological polar surface area (TPSA) is 20.1 Å². The van der Waals surface area contributed by atoms with Gasteiger partial charge >= 0.3 is 0 Å². The van der Waals surface area contributed by atoms with Gasteiger partial charge in [0.25, 0.3) is 0 Å². The van der Waals surface area contributed by atoms with Gasteiger partial charge in [-0.05, 0) is 32.0 Å². The summed E-state index contributed by atoms with van der Waals surface area (Å²) in [7, 11) is 2.10. The molecule has 0 amide bonds. The van der Waals surface area contributed by atoms with E-state index in [1.807, 2.05) is 12.1 Å². The van der Waals surface area contributed by atoms with E-state index in [-0.39, 0.29) is 5.78 Å². The van der Waals surface area contributed by atoms with Gasteiger partial charge in [-0.2, -0.15) is 0 Å². The van der Waals surface area contributed by atoms with Gasteiger partial charge in [-0.3, -0.25) is 9.69 Å². The summed E-state index contributed by atoms with van der Waals surface area (Å²) in [6.45, 7) is 1.59. The monoisotopic (exact) mass is 215 g/mol. The maximum atomic E-state index is 10.8. The van der Waals surface area contributed by atoms with Crippen LogP contribution in [-0.2, 0) is 11.2 Å². The SMILES string of the molecule is CC(=O)/C=C/C1C(Cc2ccccc2)N1C. The van der Waals surface area contributed by atoms with E-state index in [1.165, 1.54) is 5.56 Å². The third-order valence-corrected chi connectivity index (χ3v) is 3.11. The lowest BCUT2D eigenvalue weighted by Gasteiger charge is -1.97. The number of carbonyl (C=O) groups is 1. The van der Waals surface area contributed by atoms with Crippen molar-refractivity contribution in [2.75, 3.05) is 7.05 Å². The van der Waals surface area contributed by atoms with Crippen LogP contribution in [0.4, 0.5) is 0 Å². The maximum Gasteiger partial charge on any atom is 0.152 e. The van der Waals surface area contributed by atoms with Gasteiger partial charge in [0, 0.05) is 12.1 Å². The molecule has 1 heterocycles. The van der Waals surface area contributed by atoms with E-state index >= 15 is 0 Å². The molecule has 0 radical (unpaired) electrons. The minimum absolute atomic E-state index is 0.124. The second kappa shape index (κ2) is 4.62. The van der Waals surface area contributed by atoms with E-state index in [1.54, 1.807) is 13.0 Å². The van der Waals surface area contributed by atoms with Crippen molar-refractivity contribution < 1.29 is 4.79 Å². The first-order valence-electron chi connectivity index (χ1n) is 5.63. The zero-order chi connectivity index (χ0) is 11.5. The van der Waals surface area contributed by atoms with Crippen LogP contribution in [-0.4, -0.2) is 29.8 Å². The van der Waals surface area contributed by atoms with Gasteiger partial charge in [-0.1, -0.05) is 36.4 Å². The molecule has 0 saturated carbocycles. The standard InChI is InChI=1S/C14H17NO/c1-11(16)8-9-13-14(15(13)2)10-12-6-4-3-5-7-12/h3-9,13-14H,10H2,1-2H3/b9-8+. The van der Waals surface area contributed by atoms with Gasteiger partial charge < -0.3 is 0 Å². The van der Waals surface area contributed by atoms with E-state index in [4.69, 9.17) is 0 Å². The number of carbonyl (C=O) groups excluding carboxylic acids is 1. The van der Waals surface area contributed by atoms with E-state index < -0.39 is 0 Å². The molecule has 84 valence electrons. The zero-order valence-corrected chi connectivity index (χ0v) is 9.76. The lowest BCUT2D eigenvalue weighted by atomic mass is 10.1. The Kier molecular flexibility index (Phi) is 3.20. The lowest BCUT2D eigenvalue weighted by Crippen LogP contribution is -1.98. The molecule has 2 nitrogen and oxygen atoms in total. The van der Waals surface area contributed by atoms with Crippen LogP contribution in [0.25, 0.3) is 0 Å². The van der Waals surface area contributed by atoms with Crippen LogP contribution < -0.4 is 0 Å². The molecule has 16 heavy (non-hydrogen) atoms. The Morgan fingerprint density at radius 1 is 1.38 bits per heavy atom. The van der Waals surface area contributed by atoms with Crippen molar-refractivity contribution in [3.8, 4) is 0 Å². The number of hydrogen-bond donors (Lipinski definition) is 0. The van der Waals surface area contributed by atoms with Gasteiger partial charge in [0.1, 0.15) is 0 Å². The highest BCUT2D eigenvalue weighted by Crippen LogP contribution is 2.29. The first kappa shape index (κ1) is 11.1. The predicted molar refractivity (Wildman–Crippen MR) is 65.3 cm³/mol. The van der Waals surface area contributed by atoms with Crippen LogP contribution in [0.1, 0.15) is 12.5 Å². The minimum atomic E-state index is 0.124. The average Bonchev–Trinajstić information content (AvgIpc) is 2.87. The first-order valence-corrected chi connectivity index (χ1v) is 5.63.